The zero-order valence-electron chi connectivity index (χ0n) is 14.6. The molecule has 0 aliphatic carbocycles. The topological polar surface area (TPSA) is 113 Å². The summed E-state index contributed by atoms with van der Waals surface area (Å²) in [5, 5.41) is 12.4. The number of amides is 1. The van der Waals surface area contributed by atoms with Gasteiger partial charge in [-0.15, -0.1) is 0 Å². The Kier molecular flexibility index (Phi) is 4.67. The molecule has 3 heterocycles. The minimum Gasteiger partial charge on any atom is -0.459 e. The van der Waals surface area contributed by atoms with E-state index in [2.05, 4.69) is 5.32 Å². The number of furan rings is 1. The van der Waals surface area contributed by atoms with Crippen molar-refractivity contribution in [1.82, 2.24) is 14.0 Å². The van der Waals surface area contributed by atoms with Crippen LogP contribution in [0.4, 0.5) is 5.82 Å². The first kappa shape index (κ1) is 17.5. The van der Waals surface area contributed by atoms with Gasteiger partial charge in [-0.3, -0.25) is 18.7 Å². The molecule has 0 radical (unpaired) electrons. The highest BCUT2D eigenvalue weighted by molar-refractivity contribution is 5.91. The summed E-state index contributed by atoms with van der Waals surface area (Å²) in [6.07, 6.45) is 2.71. The van der Waals surface area contributed by atoms with Crippen LogP contribution >= 0.6 is 0 Å². The molecule has 0 bridgehead atoms. The Hall–Kier alpha value is -3.28. The number of nitrogens with zero attached hydrogens (tertiary/aromatic N) is 4. The van der Waals surface area contributed by atoms with Gasteiger partial charge < -0.3 is 14.6 Å². The van der Waals surface area contributed by atoms with E-state index in [4.69, 9.17) is 4.42 Å². The van der Waals surface area contributed by atoms with Crippen molar-refractivity contribution < 1.29 is 9.21 Å². The van der Waals surface area contributed by atoms with Gasteiger partial charge in [-0.05, 0) is 25.0 Å². The van der Waals surface area contributed by atoms with Gasteiger partial charge in [0.25, 0.3) is 11.5 Å². The molecule has 9 heteroatoms. The zero-order valence-corrected chi connectivity index (χ0v) is 14.6. The van der Waals surface area contributed by atoms with Gasteiger partial charge in [0.15, 0.2) is 11.3 Å². The third kappa shape index (κ3) is 3.01. The largest absolute Gasteiger partial charge is 0.459 e. The summed E-state index contributed by atoms with van der Waals surface area (Å²) in [6.45, 7) is 1.02. The minimum absolute atomic E-state index is 0.0551. The molecule has 3 rings (SSSR count). The SMILES string of the molecule is Cn1c(NC2CCN(C(=O)c3ccco3)CC2)c(C#N)c(=O)n(C)c1=O. The lowest BCUT2D eigenvalue weighted by Crippen LogP contribution is -2.44. The van der Waals surface area contributed by atoms with E-state index in [1.165, 1.54) is 24.9 Å². The Morgan fingerprint density at radius 1 is 1.27 bits per heavy atom. The summed E-state index contributed by atoms with van der Waals surface area (Å²) < 4.78 is 7.31. The monoisotopic (exact) mass is 357 g/mol. The number of anilines is 1. The van der Waals surface area contributed by atoms with E-state index in [-0.39, 0.29) is 23.3 Å². The molecule has 9 nitrogen and oxygen atoms in total. The fourth-order valence-electron chi connectivity index (χ4n) is 3.09. The maximum atomic E-state index is 12.3. The van der Waals surface area contributed by atoms with Gasteiger partial charge >= 0.3 is 5.69 Å². The van der Waals surface area contributed by atoms with E-state index in [0.29, 0.717) is 31.7 Å². The first-order valence-electron chi connectivity index (χ1n) is 8.23. The molecule has 0 atom stereocenters. The number of hydrogen-bond acceptors (Lipinski definition) is 6. The number of likely N-dealkylation sites (tertiary alicyclic amines) is 1. The average molecular weight is 357 g/mol. The molecule has 26 heavy (non-hydrogen) atoms. The molecule has 2 aromatic rings. The predicted octanol–water partition coefficient (Wildman–Crippen LogP) is 0.265. The van der Waals surface area contributed by atoms with Gasteiger partial charge in [-0.25, -0.2) is 4.79 Å². The molecule has 1 aliphatic rings. The van der Waals surface area contributed by atoms with Gasteiger partial charge in [0.2, 0.25) is 0 Å². The van der Waals surface area contributed by atoms with Crippen LogP contribution in [0.1, 0.15) is 29.0 Å². The van der Waals surface area contributed by atoms with E-state index in [0.717, 1.165) is 4.57 Å². The van der Waals surface area contributed by atoms with Crippen LogP contribution in [-0.2, 0) is 14.1 Å². The van der Waals surface area contributed by atoms with E-state index >= 15 is 0 Å². The highest BCUT2D eigenvalue weighted by Gasteiger charge is 2.26. The van der Waals surface area contributed by atoms with Crippen LogP contribution in [0.15, 0.2) is 32.4 Å². The van der Waals surface area contributed by atoms with Crippen molar-refractivity contribution in [3.8, 4) is 6.07 Å². The number of hydrogen-bond donors (Lipinski definition) is 1. The molecular weight excluding hydrogens is 338 g/mol. The van der Waals surface area contributed by atoms with E-state index in [9.17, 15) is 19.6 Å². The number of rotatable bonds is 3. The van der Waals surface area contributed by atoms with Crippen LogP contribution in [0.2, 0.25) is 0 Å². The number of aromatic nitrogens is 2. The second kappa shape index (κ2) is 6.92. The van der Waals surface area contributed by atoms with Gasteiger partial charge in [0.1, 0.15) is 11.9 Å². The fourth-order valence-corrected chi connectivity index (χ4v) is 3.09. The van der Waals surface area contributed by atoms with Crippen molar-refractivity contribution >= 4 is 11.7 Å². The first-order chi connectivity index (χ1) is 12.4. The lowest BCUT2D eigenvalue weighted by atomic mass is 10.0. The van der Waals surface area contributed by atoms with Crippen molar-refractivity contribution in [3.63, 3.8) is 0 Å². The number of piperidine rings is 1. The highest BCUT2D eigenvalue weighted by atomic mass is 16.3. The third-order valence-electron chi connectivity index (χ3n) is 4.63. The van der Waals surface area contributed by atoms with Crippen molar-refractivity contribution in [3.05, 3.63) is 50.6 Å². The number of nitriles is 1. The second-order valence-electron chi connectivity index (χ2n) is 6.23. The Morgan fingerprint density at radius 3 is 2.54 bits per heavy atom. The van der Waals surface area contributed by atoms with E-state index in [1.807, 2.05) is 6.07 Å². The second-order valence-corrected chi connectivity index (χ2v) is 6.23. The Labute approximate surface area is 149 Å². The lowest BCUT2D eigenvalue weighted by molar-refractivity contribution is 0.0686. The quantitative estimate of drug-likeness (QED) is 0.843. The molecule has 1 N–H and O–H groups in total. The van der Waals surface area contributed by atoms with E-state index < -0.39 is 11.2 Å². The van der Waals surface area contributed by atoms with Crippen LogP contribution in [0.5, 0.6) is 0 Å². The van der Waals surface area contributed by atoms with Gasteiger partial charge in [0.05, 0.1) is 6.26 Å². The minimum atomic E-state index is -0.622. The summed E-state index contributed by atoms with van der Waals surface area (Å²) in [6, 6.07) is 5.11. The maximum absolute atomic E-state index is 12.3. The Balaban J connectivity index is 1.75. The highest BCUT2D eigenvalue weighted by Crippen LogP contribution is 2.18. The maximum Gasteiger partial charge on any atom is 0.332 e. The van der Waals surface area contributed by atoms with Crippen molar-refractivity contribution in [2.24, 2.45) is 14.1 Å². The number of carbonyl (C=O) groups excluding carboxylic acids is 1. The summed E-state index contributed by atoms with van der Waals surface area (Å²) in [5.74, 6) is 0.362. The normalized spacial score (nSPS) is 14.9. The van der Waals surface area contributed by atoms with Crippen molar-refractivity contribution in [1.29, 1.82) is 5.26 Å². The van der Waals surface area contributed by atoms with Crippen molar-refractivity contribution in [2.45, 2.75) is 18.9 Å². The molecule has 0 unspecified atom stereocenters. The summed E-state index contributed by atoms with van der Waals surface area (Å²) in [7, 11) is 2.86. The number of nitrogens with one attached hydrogen (secondary N) is 1. The molecular formula is C17H19N5O4. The summed E-state index contributed by atoms with van der Waals surface area (Å²) in [5.41, 5.74) is -1.21. The molecule has 0 aromatic carbocycles. The molecule has 1 amide bonds. The predicted molar refractivity (Wildman–Crippen MR) is 92.9 cm³/mol. The van der Waals surface area contributed by atoms with Crippen LogP contribution < -0.4 is 16.6 Å². The Morgan fingerprint density at radius 2 is 1.96 bits per heavy atom. The first-order valence-corrected chi connectivity index (χ1v) is 8.23. The molecule has 0 saturated carbocycles. The standard InChI is InChI=1S/C17H19N5O4/c1-20-14(12(10-18)15(23)21(2)17(20)25)19-11-5-7-22(8-6-11)16(24)13-4-3-9-26-13/h3-4,9,11,19H,5-8H2,1-2H3. The number of carbonyl (C=O) groups is 1. The smallest absolute Gasteiger partial charge is 0.332 e. The van der Waals surface area contributed by atoms with Gasteiger partial charge in [-0.1, -0.05) is 0 Å². The van der Waals surface area contributed by atoms with Crippen LogP contribution in [0, 0.1) is 11.3 Å². The molecule has 1 saturated heterocycles. The zero-order chi connectivity index (χ0) is 18.8. The van der Waals surface area contributed by atoms with Crippen LogP contribution in [-0.4, -0.2) is 39.1 Å². The molecule has 2 aromatic heterocycles. The van der Waals surface area contributed by atoms with Crippen molar-refractivity contribution in [2.75, 3.05) is 18.4 Å². The summed E-state index contributed by atoms with van der Waals surface area (Å²) >= 11 is 0. The van der Waals surface area contributed by atoms with E-state index in [1.54, 1.807) is 17.0 Å². The van der Waals surface area contributed by atoms with Crippen LogP contribution in [0.25, 0.3) is 0 Å². The fraction of sp³-hybridized carbons (Fsp3) is 0.412. The van der Waals surface area contributed by atoms with Crippen LogP contribution in [0.3, 0.4) is 0 Å². The Bertz CT molecular complexity index is 972. The lowest BCUT2D eigenvalue weighted by Gasteiger charge is -2.32. The van der Waals surface area contributed by atoms with Gasteiger partial charge in [0, 0.05) is 33.2 Å². The third-order valence-corrected chi connectivity index (χ3v) is 4.63. The molecule has 136 valence electrons. The summed E-state index contributed by atoms with van der Waals surface area (Å²) in [4.78, 5) is 38.2. The van der Waals surface area contributed by atoms with Gasteiger partial charge in [-0.2, -0.15) is 5.26 Å². The molecule has 1 fully saturated rings. The molecule has 1 aliphatic heterocycles. The average Bonchev–Trinajstić information content (AvgIpc) is 3.19. The molecule has 0 spiro atoms.